The number of hydrogen-bond donors (Lipinski definition) is 6. The molecule has 8 N–H and O–H groups in total. The van der Waals surface area contributed by atoms with E-state index in [9.17, 15) is 22.8 Å². The molecule has 46 heavy (non-hydrogen) atoms. The van der Waals surface area contributed by atoms with Crippen LogP contribution in [0.1, 0.15) is 61.6 Å². The van der Waals surface area contributed by atoms with Gasteiger partial charge in [-0.1, -0.05) is 36.9 Å². The number of aromatic nitrogens is 2. The maximum Gasteiger partial charge on any atom is 0.422 e. The lowest BCUT2D eigenvalue weighted by atomic mass is 9.88. The molecule has 2 bridgehead atoms. The molecule has 12 nitrogen and oxygen atoms in total. The van der Waals surface area contributed by atoms with Crippen LogP contribution in [0.15, 0.2) is 53.4 Å². The molecule has 3 atom stereocenters. The Morgan fingerprint density at radius 1 is 1.28 bits per heavy atom. The number of carbonyl (C=O) groups excluding carboxylic acids is 2. The van der Waals surface area contributed by atoms with Crippen LogP contribution in [0.2, 0.25) is 5.02 Å². The van der Waals surface area contributed by atoms with Crippen LogP contribution >= 0.6 is 11.6 Å². The first-order valence-corrected chi connectivity index (χ1v) is 14.9. The fourth-order valence-electron chi connectivity index (χ4n) is 5.48. The summed E-state index contributed by atoms with van der Waals surface area (Å²) >= 11 is 6.16. The summed E-state index contributed by atoms with van der Waals surface area (Å²) in [6, 6.07) is 4.02. The number of hydrogen-bond acceptors (Lipinski definition) is 9. The number of amides is 1. The van der Waals surface area contributed by atoms with Crippen LogP contribution in [-0.2, 0) is 14.3 Å². The molecule has 16 heteroatoms. The number of benzene rings is 1. The zero-order chi connectivity index (χ0) is 33.5. The number of esters is 1. The van der Waals surface area contributed by atoms with Gasteiger partial charge in [0.15, 0.2) is 0 Å². The minimum Gasteiger partial charge on any atom is -0.467 e. The quantitative estimate of drug-likeness (QED) is 0.0643. The van der Waals surface area contributed by atoms with E-state index in [0.717, 1.165) is 7.11 Å². The average Bonchev–Trinajstić information content (AvgIpc) is 3.51. The number of likely N-dealkylation sites (N-methyl/N-ethyl adjacent to an activating group) is 1. The standard InChI is InChI=1S/C30H37ClF3N9O3/c1-37-20-9-10-21-23(15-20)42-29(28(45)46-2,30(32,33)34)13-5-3-4-6-22(27-38-16-24(21)41-27)40-26(44)12-7-18-14-19(31)8-11-25(18)43(36)17-39-35/h7-8,10-12,14-17,20,22,37,42H,3-6,9,13,35-36H2,1-2H3,(H,38,41)(H,40,44)/b12-7+,39-17-/t20?,22-,29?/m0/s1. The molecule has 2 aliphatic rings. The van der Waals surface area contributed by atoms with E-state index in [1.165, 1.54) is 29.7 Å². The van der Waals surface area contributed by atoms with Crippen LogP contribution < -0.4 is 32.6 Å². The van der Waals surface area contributed by atoms with E-state index in [4.69, 9.17) is 28.0 Å². The molecular formula is C30H37ClF3N9O3. The largest absolute Gasteiger partial charge is 0.467 e. The number of methoxy groups -OCH3 is 1. The number of nitrogens with two attached hydrogens (primary N) is 2. The number of rotatable bonds is 7. The van der Waals surface area contributed by atoms with Crippen molar-refractivity contribution in [1.29, 1.82) is 0 Å². The zero-order valence-electron chi connectivity index (χ0n) is 25.3. The number of aromatic amines is 1. The molecule has 2 unspecified atom stereocenters. The van der Waals surface area contributed by atoms with Crippen molar-refractivity contribution in [3.8, 4) is 0 Å². The number of hydrazine groups is 1. The highest BCUT2D eigenvalue weighted by Crippen LogP contribution is 2.40. The third-order valence-corrected chi connectivity index (χ3v) is 8.16. The average molecular weight is 664 g/mol. The van der Waals surface area contributed by atoms with E-state index >= 15 is 0 Å². The highest BCUT2D eigenvalue weighted by atomic mass is 35.5. The topological polar surface area (TPSA) is 176 Å². The fourth-order valence-corrected chi connectivity index (χ4v) is 5.66. The lowest BCUT2D eigenvalue weighted by molar-refractivity contribution is -0.212. The molecule has 1 amide bonds. The number of halogens is 4. The van der Waals surface area contributed by atoms with Crippen molar-refractivity contribution in [2.45, 2.75) is 62.3 Å². The number of nitrogens with one attached hydrogen (secondary N) is 4. The van der Waals surface area contributed by atoms with Gasteiger partial charge in [0, 0.05) is 34.0 Å². The third kappa shape index (κ3) is 7.71. The van der Waals surface area contributed by atoms with Crippen LogP contribution in [0, 0.1) is 0 Å². The van der Waals surface area contributed by atoms with E-state index in [1.54, 1.807) is 37.4 Å². The second-order valence-electron chi connectivity index (χ2n) is 10.9. The van der Waals surface area contributed by atoms with Crippen LogP contribution in [0.25, 0.3) is 11.6 Å². The second-order valence-corrected chi connectivity index (χ2v) is 11.3. The van der Waals surface area contributed by atoms with Crippen molar-refractivity contribution in [2.24, 2.45) is 16.8 Å². The minimum atomic E-state index is -4.96. The predicted molar refractivity (Wildman–Crippen MR) is 170 cm³/mol. The summed E-state index contributed by atoms with van der Waals surface area (Å²) in [4.78, 5) is 33.7. The smallest absolute Gasteiger partial charge is 0.422 e. The fraction of sp³-hybridized carbons (Fsp3) is 0.400. The predicted octanol–water partition coefficient (Wildman–Crippen LogP) is 3.80. The number of anilines is 1. The van der Waals surface area contributed by atoms with Crippen LogP contribution in [0.5, 0.6) is 0 Å². The number of ether oxygens (including phenoxy) is 1. The molecule has 1 aromatic heterocycles. The van der Waals surface area contributed by atoms with Gasteiger partial charge in [0.1, 0.15) is 12.2 Å². The van der Waals surface area contributed by atoms with E-state index in [-0.39, 0.29) is 18.2 Å². The van der Waals surface area contributed by atoms with Gasteiger partial charge < -0.3 is 31.5 Å². The number of hydrazone groups is 1. The molecule has 0 saturated heterocycles. The number of alkyl halides is 3. The number of imidazole rings is 1. The van der Waals surface area contributed by atoms with Crippen molar-refractivity contribution >= 4 is 47.2 Å². The van der Waals surface area contributed by atoms with Gasteiger partial charge in [0.25, 0.3) is 0 Å². The van der Waals surface area contributed by atoms with Gasteiger partial charge in [-0.15, -0.1) is 0 Å². The highest BCUT2D eigenvalue weighted by Gasteiger charge is 2.61. The Morgan fingerprint density at radius 3 is 2.76 bits per heavy atom. The zero-order valence-corrected chi connectivity index (χ0v) is 26.1. The Labute approximate surface area is 269 Å². The van der Waals surface area contributed by atoms with Gasteiger partial charge in [-0.3, -0.25) is 9.80 Å². The van der Waals surface area contributed by atoms with Crippen molar-refractivity contribution in [2.75, 3.05) is 19.2 Å². The van der Waals surface area contributed by atoms with Crippen molar-refractivity contribution in [1.82, 2.24) is 25.9 Å². The Bertz CT molecular complexity index is 1540. The molecule has 0 radical (unpaired) electrons. The van der Waals surface area contributed by atoms with Gasteiger partial charge in [0.2, 0.25) is 11.4 Å². The van der Waals surface area contributed by atoms with Crippen molar-refractivity contribution in [3.63, 3.8) is 0 Å². The maximum atomic E-state index is 14.7. The molecule has 248 valence electrons. The van der Waals surface area contributed by atoms with E-state index in [2.05, 4.69) is 31.0 Å². The summed E-state index contributed by atoms with van der Waals surface area (Å²) < 4.78 is 48.9. The number of fused-ring (bicyclic) bond motifs is 4. The summed E-state index contributed by atoms with van der Waals surface area (Å²) in [5.41, 5.74) is -1.01. The van der Waals surface area contributed by atoms with Gasteiger partial charge in [0.05, 0.1) is 30.7 Å². The Kier molecular flexibility index (Phi) is 11.1. The Morgan fingerprint density at radius 2 is 2.07 bits per heavy atom. The van der Waals surface area contributed by atoms with E-state index in [1.807, 2.05) is 0 Å². The number of allylic oxidation sites excluding steroid dienone is 1. The third-order valence-electron chi connectivity index (χ3n) is 7.92. The summed E-state index contributed by atoms with van der Waals surface area (Å²) in [6.45, 7) is 0. The van der Waals surface area contributed by atoms with Crippen molar-refractivity contribution < 1.29 is 27.5 Å². The molecule has 1 aliphatic carbocycles. The SMILES string of the molecule is CNC1C=C2NC(C(=O)OC)(C(F)(F)F)CCCCC[C@H](NC(=O)/C=C/c3cc(Cl)ccc3N(N)/C=N\N)c3ncc([nH]3)C2=CC1. The Hall–Kier alpha value is -4.34. The van der Waals surface area contributed by atoms with Crippen molar-refractivity contribution in [3.05, 3.63) is 70.4 Å². The first kappa shape index (κ1) is 34.5. The lowest BCUT2D eigenvalue weighted by Gasteiger charge is -2.37. The Balaban J connectivity index is 1.65. The normalized spacial score (nSPS) is 22.4. The van der Waals surface area contributed by atoms with Gasteiger partial charge in [-0.05, 0) is 56.7 Å². The maximum absolute atomic E-state index is 14.7. The van der Waals surface area contributed by atoms with Crippen LogP contribution in [0.3, 0.4) is 0 Å². The summed E-state index contributed by atoms with van der Waals surface area (Å²) in [7, 11) is 2.64. The van der Waals surface area contributed by atoms with E-state index < -0.39 is 36.1 Å². The molecule has 4 rings (SSSR count). The van der Waals surface area contributed by atoms with Gasteiger partial charge in [-0.25, -0.2) is 15.6 Å². The molecule has 1 aliphatic heterocycles. The molecule has 0 spiro atoms. The van der Waals surface area contributed by atoms with Crippen LogP contribution in [0.4, 0.5) is 18.9 Å². The molecular weight excluding hydrogens is 627 g/mol. The summed E-state index contributed by atoms with van der Waals surface area (Å²) in [5, 5.41) is 13.5. The van der Waals surface area contributed by atoms with Crippen LogP contribution in [-0.4, -0.2) is 60.1 Å². The first-order valence-electron chi connectivity index (χ1n) is 14.6. The second kappa shape index (κ2) is 14.8. The first-order chi connectivity index (χ1) is 21.9. The number of carbonyl (C=O) groups is 2. The molecule has 0 saturated carbocycles. The number of nitrogens with zero attached hydrogens (tertiary/aromatic N) is 3. The van der Waals surface area contributed by atoms with Gasteiger partial charge in [-0.2, -0.15) is 18.3 Å². The summed E-state index contributed by atoms with van der Waals surface area (Å²) in [5.74, 6) is 9.74. The monoisotopic (exact) mass is 663 g/mol. The molecule has 2 aromatic rings. The molecule has 2 heterocycles. The highest BCUT2D eigenvalue weighted by molar-refractivity contribution is 6.30. The number of H-pyrrole nitrogens is 1. The van der Waals surface area contributed by atoms with Gasteiger partial charge >= 0.3 is 12.1 Å². The lowest BCUT2D eigenvalue weighted by Crippen LogP contribution is -2.62. The summed E-state index contributed by atoms with van der Waals surface area (Å²) in [6.07, 6.45) is 5.12. The molecule has 0 fully saturated rings. The molecule has 1 aromatic carbocycles. The van der Waals surface area contributed by atoms with E-state index in [0.29, 0.717) is 59.0 Å². The minimum absolute atomic E-state index is 0.0613.